The Labute approximate surface area is 131 Å². The van der Waals surface area contributed by atoms with E-state index in [1.54, 1.807) is 0 Å². The van der Waals surface area contributed by atoms with Crippen LogP contribution in [-0.2, 0) is 0 Å². The summed E-state index contributed by atoms with van der Waals surface area (Å²) in [5, 5.41) is 9.07. The molecule has 0 aliphatic carbocycles. The van der Waals surface area contributed by atoms with E-state index in [1.807, 2.05) is 24.3 Å². The van der Waals surface area contributed by atoms with Crippen LogP contribution in [0.5, 0.6) is 0 Å². The first-order chi connectivity index (χ1) is 10.6. The van der Waals surface area contributed by atoms with Crippen molar-refractivity contribution in [2.45, 2.75) is 26.9 Å². The van der Waals surface area contributed by atoms with Crippen molar-refractivity contribution < 1.29 is 0 Å². The van der Waals surface area contributed by atoms with Crippen molar-refractivity contribution in [2.75, 3.05) is 9.80 Å². The highest BCUT2D eigenvalue weighted by molar-refractivity contribution is 5.65. The molecule has 1 aliphatic rings. The number of anilines is 2. The predicted molar refractivity (Wildman–Crippen MR) is 90.6 cm³/mol. The molecule has 3 heteroatoms. The van der Waals surface area contributed by atoms with Crippen LogP contribution in [0.25, 0.3) is 0 Å². The Bertz CT molecular complexity index is 770. The van der Waals surface area contributed by atoms with Gasteiger partial charge in [-0.05, 0) is 56.2 Å². The maximum atomic E-state index is 9.07. The molecule has 0 aromatic heterocycles. The summed E-state index contributed by atoms with van der Waals surface area (Å²) < 4.78 is 0. The van der Waals surface area contributed by atoms with Gasteiger partial charge in [0.05, 0.1) is 11.6 Å². The highest BCUT2D eigenvalue weighted by Crippen LogP contribution is 2.31. The normalized spacial score (nSPS) is 16.9. The zero-order chi connectivity index (χ0) is 15.7. The molecule has 3 rings (SSSR count). The number of benzene rings is 2. The Kier molecular flexibility index (Phi) is 3.60. The van der Waals surface area contributed by atoms with Crippen molar-refractivity contribution in [1.82, 2.24) is 0 Å². The van der Waals surface area contributed by atoms with Crippen molar-refractivity contribution in [3.63, 3.8) is 0 Å². The van der Waals surface area contributed by atoms with Gasteiger partial charge < -0.3 is 9.80 Å². The second kappa shape index (κ2) is 5.57. The molecule has 0 spiro atoms. The largest absolute Gasteiger partial charge is 0.326 e. The highest BCUT2D eigenvalue weighted by atomic mass is 15.4. The summed E-state index contributed by atoms with van der Waals surface area (Å²) in [6.45, 7) is 6.41. The van der Waals surface area contributed by atoms with Crippen molar-refractivity contribution in [2.24, 2.45) is 0 Å². The van der Waals surface area contributed by atoms with E-state index in [4.69, 9.17) is 5.26 Å². The standard InChI is InChI=1S/C19H19N3/c1-14-7-8-15(2)19(11-14)22-10-9-21(16(22)3)18-6-4-5-17(12-18)13-20/h4-12,16H,1-3H3/t16-/m1/s1. The minimum atomic E-state index is 0.175. The van der Waals surface area contributed by atoms with E-state index in [0.29, 0.717) is 5.56 Å². The molecule has 22 heavy (non-hydrogen) atoms. The minimum absolute atomic E-state index is 0.175. The topological polar surface area (TPSA) is 30.3 Å². The molecular formula is C19H19N3. The fourth-order valence-electron chi connectivity index (χ4n) is 2.84. The fraction of sp³-hybridized carbons (Fsp3) is 0.211. The molecule has 0 radical (unpaired) electrons. The van der Waals surface area contributed by atoms with Crippen molar-refractivity contribution in [3.8, 4) is 6.07 Å². The van der Waals surface area contributed by atoms with Crippen LogP contribution in [0.4, 0.5) is 11.4 Å². The Morgan fingerprint density at radius 3 is 2.55 bits per heavy atom. The van der Waals surface area contributed by atoms with E-state index < -0.39 is 0 Å². The van der Waals surface area contributed by atoms with Gasteiger partial charge in [-0.25, -0.2) is 0 Å². The smallest absolute Gasteiger partial charge is 0.107 e. The molecule has 0 fully saturated rings. The van der Waals surface area contributed by atoms with E-state index in [9.17, 15) is 0 Å². The van der Waals surface area contributed by atoms with Crippen LogP contribution in [0.2, 0.25) is 0 Å². The molecule has 2 aromatic carbocycles. The lowest BCUT2D eigenvalue weighted by atomic mass is 10.1. The van der Waals surface area contributed by atoms with Gasteiger partial charge in [0.1, 0.15) is 6.17 Å². The molecule has 0 amide bonds. The van der Waals surface area contributed by atoms with E-state index in [1.165, 1.54) is 16.8 Å². The Balaban J connectivity index is 1.92. The van der Waals surface area contributed by atoms with Gasteiger partial charge in [0, 0.05) is 23.8 Å². The maximum absolute atomic E-state index is 9.07. The SMILES string of the molecule is Cc1ccc(C)c(N2C=CN(c3cccc(C#N)c3)[C@H]2C)c1. The number of rotatable bonds is 2. The van der Waals surface area contributed by atoms with Gasteiger partial charge in [0.15, 0.2) is 0 Å². The summed E-state index contributed by atoms with van der Waals surface area (Å²) in [6, 6.07) is 16.4. The first-order valence-corrected chi connectivity index (χ1v) is 7.42. The molecule has 1 heterocycles. The quantitative estimate of drug-likeness (QED) is 0.825. The van der Waals surface area contributed by atoms with Crippen molar-refractivity contribution >= 4 is 11.4 Å². The molecule has 0 saturated carbocycles. The summed E-state index contributed by atoms with van der Waals surface area (Å²) in [5.41, 5.74) is 5.46. The maximum Gasteiger partial charge on any atom is 0.107 e. The Morgan fingerprint density at radius 2 is 1.77 bits per heavy atom. The molecule has 1 aliphatic heterocycles. The summed E-state index contributed by atoms with van der Waals surface area (Å²) in [5.74, 6) is 0. The summed E-state index contributed by atoms with van der Waals surface area (Å²) in [7, 11) is 0. The minimum Gasteiger partial charge on any atom is -0.326 e. The lowest BCUT2D eigenvalue weighted by Crippen LogP contribution is -2.36. The van der Waals surface area contributed by atoms with Crippen LogP contribution in [0.15, 0.2) is 54.9 Å². The van der Waals surface area contributed by atoms with Gasteiger partial charge in [-0.1, -0.05) is 18.2 Å². The molecule has 0 unspecified atom stereocenters. The van der Waals surface area contributed by atoms with E-state index in [-0.39, 0.29) is 6.17 Å². The van der Waals surface area contributed by atoms with Crippen molar-refractivity contribution in [1.29, 1.82) is 5.26 Å². The van der Waals surface area contributed by atoms with E-state index in [0.717, 1.165) is 5.69 Å². The highest BCUT2D eigenvalue weighted by Gasteiger charge is 2.25. The number of hydrogen-bond acceptors (Lipinski definition) is 3. The molecule has 0 saturated heterocycles. The van der Waals surface area contributed by atoms with Crippen LogP contribution in [0.3, 0.4) is 0 Å². The zero-order valence-electron chi connectivity index (χ0n) is 13.1. The number of hydrogen-bond donors (Lipinski definition) is 0. The molecule has 2 aromatic rings. The summed E-state index contributed by atoms with van der Waals surface area (Å²) in [4.78, 5) is 4.45. The number of aryl methyl sites for hydroxylation is 2. The average molecular weight is 289 g/mol. The van der Waals surface area contributed by atoms with Gasteiger partial charge in [0.2, 0.25) is 0 Å². The average Bonchev–Trinajstić information content (AvgIpc) is 2.91. The lowest BCUT2D eigenvalue weighted by molar-refractivity contribution is 0.748. The van der Waals surface area contributed by atoms with Crippen LogP contribution in [0.1, 0.15) is 23.6 Å². The molecule has 110 valence electrons. The third kappa shape index (κ3) is 2.44. The monoisotopic (exact) mass is 289 g/mol. The summed E-state index contributed by atoms with van der Waals surface area (Å²) in [6.07, 6.45) is 4.35. The second-order valence-corrected chi connectivity index (χ2v) is 5.70. The Morgan fingerprint density at radius 1 is 1.00 bits per heavy atom. The molecule has 0 bridgehead atoms. The van der Waals surface area contributed by atoms with E-state index >= 15 is 0 Å². The van der Waals surface area contributed by atoms with Crippen molar-refractivity contribution in [3.05, 3.63) is 71.6 Å². The first-order valence-electron chi connectivity index (χ1n) is 7.42. The molecule has 0 N–H and O–H groups in total. The van der Waals surface area contributed by atoms with Gasteiger partial charge in [-0.2, -0.15) is 5.26 Å². The van der Waals surface area contributed by atoms with Gasteiger partial charge in [-0.15, -0.1) is 0 Å². The third-order valence-electron chi connectivity index (χ3n) is 4.11. The van der Waals surface area contributed by atoms with Crippen LogP contribution >= 0.6 is 0 Å². The second-order valence-electron chi connectivity index (χ2n) is 5.70. The van der Waals surface area contributed by atoms with Crippen LogP contribution in [-0.4, -0.2) is 6.17 Å². The van der Waals surface area contributed by atoms with Gasteiger partial charge >= 0.3 is 0 Å². The zero-order valence-corrected chi connectivity index (χ0v) is 13.1. The lowest BCUT2D eigenvalue weighted by Gasteiger charge is -2.31. The number of nitrogens with zero attached hydrogens (tertiary/aromatic N) is 3. The number of nitriles is 1. The third-order valence-corrected chi connectivity index (χ3v) is 4.11. The fourth-order valence-corrected chi connectivity index (χ4v) is 2.84. The molecule has 1 atom stereocenters. The van der Waals surface area contributed by atoms with Gasteiger partial charge in [-0.3, -0.25) is 0 Å². The van der Waals surface area contributed by atoms with Crippen LogP contribution < -0.4 is 9.80 Å². The molecular weight excluding hydrogens is 270 g/mol. The first kappa shape index (κ1) is 14.2. The van der Waals surface area contributed by atoms with Gasteiger partial charge in [0.25, 0.3) is 0 Å². The van der Waals surface area contributed by atoms with Crippen LogP contribution in [0, 0.1) is 25.2 Å². The van der Waals surface area contributed by atoms with E-state index in [2.05, 4.69) is 67.2 Å². The predicted octanol–water partition coefficient (Wildman–Crippen LogP) is 4.32. The summed E-state index contributed by atoms with van der Waals surface area (Å²) >= 11 is 0. The molecule has 3 nitrogen and oxygen atoms in total. The Hall–Kier alpha value is -2.73.